The van der Waals surface area contributed by atoms with E-state index in [9.17, 15) is 4.79 Å². The van der Waals surface area contributed by atoms with Gasteiger partial charge in [0.15, 0.2) is 0 Å². The molecule has 1 N–H and O–H groups in total. The zero-order valence-electron chi connectivity index (χ0n) is 17.1. The molecule has 4 nitrogen and oxygen atoms in total. The fourth-order valence-corrected chi connectivity index (χ4v) is 5.19. The zero-order chi connectivity index (χ0) is 19.8. The number of fused-ring (bicyclic) bond motifs is 2. The molecule has 3 heterocycles. The molecule has 1 atom stereocenters. The Morgan fingerprint density at radius 3 is 2.76 bits per heavy atom. The van der Waals surface area contributed by atoms with Gasteiger partial charge in [-0.1, -0.05) is 24.3 Å². The van der Waals surface area contributed by atoms with E-state index in [0.29, 0.717) is 11.8 Å². The van der Waals surface area contributed by atoms with Gasteiger partial charge in [-0.2, -0.15) is 0 Å². The predicted molar refractivity (Wildman–Crippen MR) is 119 cm³/mol. The summed E-state index contributed by atoms with van der Waals surface area (Å²) in [6, 6.07) is 17.5. The number of carbonyl (C=O) groups is 1. The fourth-order valence-electron chi connectivity index (χ4n) is 5.19. The number of likely N-dealkylation sites (tertiary alicyclic amines) is 1. The summed E-state index contributed by atoms with van der Waals surface area (Å²) in [5.74, 6) is 1.29. The van der Waals surface area contributed by atoms with Gasteiger partial charge >= 0.3 is 0 Å². The second kappa shape index (κ2) is 7.68. The van der Waals surface area contributed by atoms with E-state index in [4.69, 9.17) is 0 Å². The largest absolute Gasteiger partial charge is 0.361 e. The van der Waals surface area contributed by atoms with E-state index < -0.39 is 0 Å². The van der Waals surface area contributed by atoms with Crippen LogP contribution in [-0.2, 0) is 4.79 Å². The lowest BCUT2D eigenvalue weighted by Gasteiger charge is -2.33. The maximum absolute atomic E-state index is 12.0. The third-order valence-corrected chi connectivity index (χ3v) is 6.88. The number of aromatic nitrogens is 1. The van der Waals surface area contributed by atoms with Gasteiger partial charge in [-0.05, 0) is 85.6 Å². The Morgan fingerprint density at radius 2 is 1.93 bits per heavy atom. The Bertz CT molecular complexity index is 1020. The Balaban J connectivity index is 1.18. The zero-order valence-corrected chi connectivity index (χ0v) is 17.1. The van der Waals surface area contributed by atoms with Crippen LogP contribution in [0.4, 0.5) is 5.69 Å². The van der Waals surface area contributed by atoms with E-state index >= 15 is 0 Å². The van der Waals surface area contributed by atoms with Crippen molar-refractivity contribution in [1.82, 2.24) is 9.88 Å². The van der Waals surface area contributed by atoms with Gasteiger partial charge in [0.1, 0.15) is 0 Å². The van der Waals surface area contributed by atoms with Crippen LogP contribution in [0.3, 0.4) is 0 Å². The van der Waals surface area contributed by atoms with Gasteiger partial charge in [-0.3, -0.25) is 4.79 Å². The van der Waals surface area contributed by atoms with Crippen LogP contribution in [-0.4, -0.2) is 42.0 Å². The highest BCUT2D eigenvalue weighted by Gasteiger charge is 2.31. The minimum atomic E-state index is 0.153. The van der Waals surface area contributed by atoms with Crippen molar-refractivity contribution in [2.45, 2.75) is 38.0 Å². The molecule has 2 aliphatic heterocycles. The second-order valence-electron chi connectivity index (χ2n) is 8.61. The van der Waals surface area contributed by atoms with Crippen LogP contribution in [0.15, 0.2) is 54.7 Å². The molecule has 1 amide bonds. The van der Waals surface area contributed by atoms with E-state index in [2.05, 4.69) is 52.3 Å². The molecule has 2 aliphatic rings. The van der Waals surface area contributed by atoms with Crippen LogP contribution >= 0.6 is 0 Å². The first kappa shape index (κ1) is 18.4. The number of piperidine rings is 1. The summed E-state index contributed by atoms with van der Waals surface area (Å²) in [4.78, 5) is 19.9. The Kier molecular flexibility index (Phi) is 4.88. The highest BCUT2D eigenvalue weighted by Crippen LogP contribution is 2.38. The average molecular weight is 388 g/mol. The van der Waals surface area contributed by atoms with E-state index in [1.807, 2.05) is 17.2 Å². The molecular formula is C25H29N3O. The highest BCUT2D eigenvalue weighted by atomic mass is 16.2. The molecule has 2 aromatic carbocycles. The quantitative estimate of drug-likeness (QED) is 0.692. The Hall–Kier alpha value is -2.59. The summed E-state index contributed by atoms with van der Waals surface area (Å²) in [5.41, 5.74) is 5.17. The number of benzene rings is 2. The second-order valence-corrected chi connectivity index (χ2v) is 8.61. The van der Waals surface area contributed by atoms with Gasteiger partial charge in [-0.25, -0.2) is 0 Å². The first-order valence-electron chi connectivity index (χ1n) is 10.9. The standard InChI is InChI=1S/C25H29N3O/c1-18(29)28-17-22(23-4-2-3-5-25(23)28)11-15-27-13-9-19(10-14-27)20-6-7-24-21(16-20)8-12-26-24/h2-8,12,16,19,22,26H,9-11,13-15,17H2,1H3/t22-/m1/s1. The van der Waals surface area contributed by atoms with Crippen molar-refractivity contribution in [3.05, 3.63) is 65.9 Å². The average Bonchev–Trinajstić information content (AvgIpc) is 3.37. The van der Waals surface area contributed by atoms with E-state index in [1.54, 1.807) is 6.92 Å². The molecule has 150 valence electrons. The third-order valence-electron chi connectivity index (χ3n) is 6.88. The van der Waals surface area contributed by atoms with Crippen LogP contribution in [0, 0.1) is 0 Å². The van der Waals surface area contributed by atoms with E-state index in [0.717, 1.165) is 25.2 Å². The molecule has 4 heteroatoms. The first-order chi connectivity index (χ1) is 14.2. The molecule has 1 fully saturated rings. The Labute approximate surface area is 172 Å². The lowest BCUT2D eigenvalue weighted by molar-refractivity contribution is -0.116. The van der Waals surface area contributed by atoms with Crippen LogP contribution < -0.4 is 4.90 Å². The minimum absolute atomic E-state index is 0.153. The van der Waals surface area contributed by atoms with Crippen molar-refractivity contribution in [2.75, 3.05) is 31.1 Å². The van der Waals surface area contributed by atoms with Gasteiger partial charge < -0.3 is 14.8 Å². The maximum Gasteiger partial charge on any atom is 0.223 e. The molecule has 5 rings (SSSR count). The number of rotatable bonds is 4. The number of H-pyrrole nitrogens is 1. The van der Waals surface area contributed by atoms with Crippen molar-refractivity contribution < 1.29 is 4.79 Å². The van der Waals surface area contributed by atoms with E-state index in [-0.39, 0.29) is 5.91 Å². The summed E-state index contributed by atoms with van der Waals surface area (Å²) in [6.45, 7) is 5.96. The van der Waals surface area contributed by atoms with Gasteiger partial charge in [0.05, 0.1) is 0 Å². The van der Waals surface area contributed by atoms with Crippen LogP contribution in [0.5, 0.6) is 0 Å². The molecule has 0 spiro atoms. The molecule has 29 heavy (non-hydrogen) atoms. The van der Waals surface area contributed by atoms with Crippen molar-refractivity contribution in [3.8, 4) is 0 Å². The molecule has 0 saturated carbocycles. The van der Waals surface area contributed by atoms with E-state index in [1.165, 1.54) is 48.0 Å². The molecule has 0 aliphatic carbocycles. The number of hydrogen-bond acceptors (Lipinski definition) is 2. The topological polar surface area (TPSA) is 39.3 Å². The molecule has 0 radical (unpaired) electrons. The van der Waals surface area contributed by atoms with Crippen molar-refractivity contribution in [3.63, 3.8) is 0 Å². The molecule has 0 bridgehead atoms. The summed E-state index contributed by atoms with van der Waals surface area (Å²) in [7, 11) is 0. The van der Waals surface area contributed by atoms with Crippen LogP contribution in [0.25, 0.3) is 10.9 Å². The molecule has 1 aromatic heterocycles. The van der Waals surface area contributed by atoms with Gasteiger partial charge in [-0.15, -0.1) is 0 Å². The summed E-state index contributed by atoms with van der Waals surface area (Å²) >= 11 is 0. The van der Waals surface area contributed by atoms with Crippen LogP contribution in [0.1, 0.15) is 49.1 Å². The number of para-hydroxylation sites is 1. The molecule has 1 saturated heterocycles. The SMILES string of the molecule is CC(=O)N1C[C@@H](CCN2CCC(c3ccc4[nH]ccc4c3)CC2)c2ccccc21. The third kappa shape index (κ3) is 3.58. The predicted octanol–water partition coefficient (Wildman–Crippen LogP) is 4.89. The number of amides is 1. The van der Waals surface area contributed by atoms with Crippen LogP contribution in [0.2, 0.25) is 0 Å². The maximum atomic E-state index is 12.0. The van der Waals surface area contributed by atoms with Gasteiger partial charge in [0.2, 0.25) is 5.91 Å². The summed E-state index contributed by atoms with van der Waals surface area (Å²) < 4.78 is 0. The van der Waals surface area contributed by atoms with Gasteiger partial charge in [0, 0.05) is 36.8 Å². The minimum Gasteiger partial charge on any atom is -0.361 e. The smallest absolute Gasteiger partial charge is 0.223 e. The van der Waals surface area contributed by atoms with Crippen molar-refractivity contribution in [2.24, 2.45) is 0 Å². The fraction of sp³-hybridized carbons (Fsp3) is 0.400. The molecular weight excluding hydrogens is 358 g/mol. The monoisotopic (exact) mass is 387 g/mol. The van der Waals surface area contributed by atoms with Crippen molar-refractivity contribution >= 4 is 22.5 Å². The molecule has 0 unspecified atom stereocenters. The lowest BCUT2D eigenvalue weighted by Crippen LogP contribution is -2.35. The number of nitrogens with zero attached hydrogens (tertiary/aromatic N) is 2. The number of carbonyl (C=O) groups excluding carboxylic acids is 1. The lowest BCUT2D eigenvalue weighted by atomic mass is 9.88. The van der Waals surface area contributed by atoms with Crippen molar-refractivity contribution in [1.29, 1.82) is 0 Å². The van der Waals surface area contributed by atoms with Gasteiger partial charge in [0.25, 0.3) is 0 Å². The molecule has 3 aromatic rings. The number of hydrogen-bond donors (Lipinski definition) is 1. The highest BCUT2D eigenvalue weighted by molar-refractivity contribution is 5.94. The number of nitrogens with one attached hydrogen (secondary N) is 1. The number of anilines is 1. The Morgan fingerprint density at radius 1 is 1.10 bits per heavy atom. The summed E-state index contributed by atoms with van der Waals surface area (Å²) in [5, 5.41) is 1.32. The number of aromatic amines is 1. The summed E-state index contributed by atoms with van der Waals surface area (Å²) in [6.07, 6.45) is 5.61. The first-order valence-corrected chi connectivity index (χ1v) is 10.9. The normalized spacial score (nSPS) is 20.3.